The van der Waals surface area contributed by atoms with Gasteiger partial charge in [0.2, 0.25) is 0 Å². The lowest BCUT2D eigenvalue weighted by molar-refractivity contribution is -0.187. The van der Waals surface area contributed by atoms with Gasteiger partial charge in [-0.3, -0.25) is 0 Å². The van der Waals surface area contributed by atoms with Crippen molar-refractivity contribution in [3.63, 3.8) is 0 Å². The SMILES string of the molecule is CC1(C)C=C(C(=O)O)C(C)(C)N1O. The number of rotatable bonds is 1. The molecular formula is C9H15NO3. The van der Waals surface area contributed by atoms with E-state index < -0.39 is 17.0 Å². The topological polar surface area (TPSA) is 60.8 Å². The molecule has 0 amide bonds. The molecule has 0 aromatic rings. The van der Waals surface area contributed by atoms with E-state index >= 15 is 0 Å². The predicted molar refractivity (Wildman–Crippen MR) is 47.5 cm³/mol. The molecule has 4 nitrogen and oxygen atoms in total. The van der Waals surface area contributed by atoms with Gasteiger partial charge in [0.1, 0.15) is 0 Å². The molecular weight excluding hydrogens is 170 g/mol. The largest absolute Gasteiger partial charge is 0.478 e. The van der Waals surface area contributed by atoms with Crippen molar-refractivity contribution in [3.05, 3.63) is 11.6 Å². The highest BCUT2D eigenvalue weighted by Gasteiger charge is 2.47. The van der Waals surface area contributed by atoms with Crippen LogP contribution in [0.1, 0.15) is 27.7 Å². The molecule has 74 valence electrons. The van der Waals surface area contributed by atoms with Gasteiger partial charge in [-0.15, -0.1) is 0 Å². The van der Waals surface area contributed by atoms with Gasteiger partial charge in [0.15, 0.2) is 0 Å². The first-order chi connectivity index (χ1) is 5.69. The van der Waals surface area contributed by atoms with Crippen molar-refractivity contribution < 1.29 is 15.1 Å². The minimum Gasteiger partial charge on any atom is -0.478 e. The lowest BCUT2D eigenvalue weighted by Gasteiger charge is -2.35. The van der Waals surface area contributed by atoms with Crippen LogP contribution in [0, 0.1) is 0 Å². The molecule has 1 rings (SSSR count). The summed E-state index contributed by atoms with van der Waals surface area (Å²) in [5.74, 6) is -0.977. The Kier molecular flexibility index (Phi) is 2.01. The standard InChI is InChI=1S/C9H15NO3/c1-8(2)5-6(7(11)12)9(3,4)10(8)13/h5,13H,1-4H3,(H,11,12). The van der Waals surface area contributed by atoms with Gasteiger partial charge in [-0.1, -0.05) is 6.08 Å². The monoisotopic (exact) mass is 185 g/mol. The van der Waals surface area contributed by atoms with Crippen LogP contribution in [0.3, 0.4) is 0 Å². The highest BCUT2D eigenvalue weighted by Crippen LogP contribution is 2.38. The smallest absolute Gasteiger partial charge is 0.333 e. The zero-order valence-corrected chi connectivity index (χ0v) is 8.33. The van der Waals surface area contributed by atoms with Gasteiger partial charge >= 0.3 is 5.97 Å². The fourth-order valence-electron chi connectivity index (χ4n) is 1.75. The minimum atomic E-state index is -0.977. The molecule has 0 saturated heterocycles. The van der Waals surface area contributed by atoms with E-state index in [-0.39, 0.29) is 5.57 Å². The van der Waals surface area contributed by atoms with Crippen molar-refractivity contribution in [1.29, 1.82) is 0 Å². The van der Waals surface area contributed by atoms with Crippen LogP contribution in [-0.2, 0) is 4.79 Å². The normalized spacial score (nSPS) is 25.8. The quantitative estimate of drug-likeness (QED) is 0.645. The highest BCUT2D eigenvalue weighted by molar-refractivity contribution is 5.90. The Balaban J connectivity index is 3.17. The van der Waals surface area contributed by atoms with Gasteiger partial charge in [0, 0.05) is 0 Å². The fourth-order valence-corrected chi connectivity index (χ4v) is 1.75. The Labute approximate surface area is 77.4 Å². The molecule has 0 bridgehead atoms. The van der Waals surface area contributed by atoms with Gasteiger partial charge in [0.25, 0.3) is 0 Å². The summed E-state index contributed by atoms with van der Waals surface area (Å²) in [6.45, 7) is 6.90. The average molecular weight is 185 g/mol. The number of hydrogen-bond donors (Lipinski definition) is 2. The zero-order valence-electron chi connectivity index (χ0n) is 8.33. The number of carboxylic acids is 1. The summed E-state index contributed by atoms with van der Waals surface area (Å²) in [5.41, 5.74) is -1.20. The number of aliphatic carboxylic acids is 1. The molecule has 0 atom stereocenters. The maximum atomic E-state index is 10.8. The first kappa shape index (κ1) is 10.2. The van der Waals surface area contributed by atoms with Gasteiger partial charge in [-0.05, 0) is 27.7 Å². The number of hydroxylamine groups is 2. The first-order valence-corrected chi connectivity index (χ1v) is 4.15. The third-order valence-electron chi connectivity index (χ3n) is 2.46. The highest BCUT2D eigenvalue weighted by atomic mass is 16.5. The lowest BCUT2D eigenvalue weighted by Crippen LogP contribution is -2.48. The van der Waals surface area contributed by atoms with E-state index in [1.807, 2.05) is 0 Å². The summed E-state index contributed by atoms with van der Waals surface area (Å²) >= 11 is 0. The van der Waals surface area contributed by atoms with Crippen molar-refractivity contribution in [2.75, 3.05) is 0 Å². The molecule has 1 heterocycles. The average Bonchev–Trinajstić information content (AvgIpc) is 2.11. The summed E-state index contributed by atoms with van der Waals surface area (Å²) in [5, 5.41) is 19.7. The molecule has 13 heavy (non-hydrogen) atoms. The molecule has 0 saturated carbocycles. The molecule has 4 heteroatoms. The molecule has 0 aliphatic carbocycles. The maximum absolute atomic E-state index is 10.8. The van der Waals surface area contributed by atoms with E-state index in [0.717, 1.165) is 5.06 Å². The van der Waals surface area contributed by atoms with E-state index in [1.165, 1.54) is 0 Å². The van der Waals surface area contributed by atoms with E-state index in [9.17, 15) is 10.0 Å². The van der Waals surface area contributed by atoms with Crippen LogP contribution in [0.25, 0.3) is 0 Å². The second-order valence-corrected chi connectivity index (χ2v) is 4.39. The lowest BCUT2D eigenvalue weighted by atomic mass is 9.97. The molecule has 0 aromatic heterocycles. The summed E-state index contributed by atoms with van der Waals surface area (Å²) < 4.78 is 0. The third kappa shape index (κ3) is 1.36. The van der Waals surface area contributed by atoms with Crippen LogP contribution < -0.4 is 0 Å². The third-order valence-corrected chi connectivity index (χ3v) is 2.46. The molecule has 0 radical (unpaired) electrons. The number of hydrogen-bond acceptors (Lipinski definition) is 3. The van der Waals surface area contributed by atoms with Crippen LogP contribution in [0.2, 0.25) is 0 Å². The van der Waals surface area contributed by atoms with Crippen molar-refractivity contribution in [3.8, 4) is 0 Å². The zero-order chi connectivity index (χ0) is 10.4. The first-order valence-electron chi connectivity index (χ1n) is 4.15. The molecule has 0 aromatic carbocycles. The Morgan fingerprint density at radius 2 is 1.85 bits per heavy atom. The van der Waals surface area contributed by atoms with E-state index in [2.05, 4.69) is 0 Å². The van der Waals surface area contributed by atoms with Crippen LogP contribution in [-0.4, -0.2) is 32.4 Å². The summed E-state index contributed by atoms with van der Waals surface area (Å²) in [7, 11) is 0. The maximum Gasteiger partial charge on any atom is 0.333 e. The van der Waals surface area contributed by atoms with Crippen LogP contribution in [0.4, 0.5) is 0 Å². The molecule has 0 spiro atoms. The Morgan fingerprint density at radius 3 is 2.00 bits per heavy atom. The minimum absolute atomic E-state index is 0.236. The second-order valence-electron chi connectivity index (χ2n) is 4.39. The fraction of sp³-hybridized carbons (Fsp3) is 0.667. The number of carbonyl (C=O) groups is 1. The van der Waals surface area contributed by atoms with E-state index in [4.69, 9.17) is 5.11 Å². The van der Waals surface area contributed by atoms with Gasteiger partial charge in [-0.2, -0.15) is 5.06 Å². The molecule has 0 unspecified atom stereocenters. The second kappa shape index (κ2) is 2.56. The van der Waals surface area contributed by atoms with Crippen LogP contribution >= 0.6 is 0 Å². The Bertz CT molecular complexity index is 279. The predicted octanol–water partition coefficient (Wildman–Crippen LogP) is 1.26. The summed E-state index contributed by atoms with van der Waals surface area (Å²) in [6, 6.07) is 0. The Morgan fingerprint density at radius 1 is 1.38 bits per heavy atom. The molecule has 1 aliphatic rings. The number of carboxylic acid groups (broad SMARTS) is 1. The van der Waals surface area contributed by atoms with Crippen molar-refractivity contribution in [2.45, 2.75) is 38.8 Å². The molecule has 0 fully saturated rings. The van der Waals surface area contributed by atoms with Crippen molar-refractivity contribution in [1.82, 2.24) is 5.06 Å². The number of nitrogens with zero attached hydrogens (tertiary/aromatic N) is 1. The Hall–Kier alpha value is -0.870. The van der Waals surface area contributed by atoms with Gasteiger partial charge in [0.05, 0.1) is 16.7 Å². The van der Waals surface area contributed by atoms with Crippen molar-refractivity contribution in [2.24, 2.45) is 0 Å². The van der Waals surface area contributed by atoms with Crippen LogP contribution in [0.15, 0.2) is 11.6 Å². The molecule has 2 N–H and O–H groups in total. The van der Waals surface area contributed by atoms with Gasteiger partial charge < -0.3 is 10.3 Å². The van der Waals surface area contributed by atoms with Crippen molar-refractivity contribution >= 4 is 5.97 Å². The molecule has 1 aliphatic heterocycles. The van der Waals surface area contributed by atoms with Gasteiger partial charge in [-0.25, -0.2) is 4.79 Å². The summed E-state index contributed by atoms with van der Waals surface area (Å²) in [6.07, 6.45) is 1.58. The van der Waals surface area contributed by atoms with E-state index in [1.54, 1.807) is 33.8 Å². The van der Waals surface area contributed by atoms with E-state index in [0.29, 0.717) is 0 Å². The van der Waals surface area contributed by atoms with Crippen LogP contribution in [0.5, 0.6) is 0 Å². The summed E-state index contributed by atoms with van der Waals surface area (Å²) in [4.78, 5) is 10.8.